The van der Waals surface area contributed by atoms with Gasteiger partial charge >= 0.3 is 0 Å². The standard InChI is InChI=1S/C25H31N3O2S/c1-25(2,3)19-11-9-18(10-12-19)21(28-13-5-4-6-14-28)17-26-24(29)20-16-22(30-27-20)23-8-7-15-31-23/h7-12,15-16,21H,4-6,13-14,17H2,1-3H3,(H,26,29)/t21-/m0/s1. The lowest BCUT2D eigenvalue weighted by Gasteiger charge is -2.35. The summed E-state index contributed by atoms with van der Waals surface area (Å²) in [6, 6.07) is 14.7. The van der Waals surface area contributed by atoms with Gasteiger partial charge in [0.1, 0.15) is 0 Å². The lowest BCUT2D eigenvalue weighted by molar-refractivity contribution is 0.0915. The van der Waals surface area contributed by atoms with E-state index in [0.717, 1.165) is 18.0 Å². The predicted molar refractivity (Wildman–Crippen MR) is 125 cm³/mol. The minimum atomic E-state index is -0.195. The Hall–Kier alpha value is -2.44. The molecule has 164 valence electrons. The third-order valence-corrected chi connectivity index (χ3v) is 6.84. The van der Waals surface area contributed by atoms with Crippen molar-refractivity contribution >= 4 is 17.2 Å². The van der Waals surface area contributed by atoms with Gasteiger partial charge in [-0.05, 0) is 53.9 Å². The van der Waals surface area contributed by atoms with E-state index in [2.05, 4.69) is 60.4 Å². The summed E-state index contributed by atoms with van der Waals surface area (Å²) in [5.41, 5.74) is 3.01. The van der Waals surface area contributed by atoms with Gasteiger partial charge in [-0.25, -0.2) is 0 Å². The molecule has 0 radical (unpaired) electrons. The first kappa shape index (κ1) is 21.8. The second kappa shape index (κ2) is 9.37. The Kier molecular flexibility index (Phi) is 6.58. The van der Waals surface area contributed by atoms with E-state index in [1.165, 1.54) is 30.4 Å². The Labute approximate surface area is 188 Å². The highest BCUT2D eigenvalue weighted by Gasteiger charge is 2.24. The maximum atomic E-state index is 12.8. The number of piperidine rings is 1. The van der Waals surface area contributed by atoms with Crippen LogP contribution in [-0.2, 0) is 5.41 Å². The Morgan fingerprint density at radius 2 is 1.90 bits per heavy atom. The number of hydrogen-bond donors (Lipinski definition) is 1. The molecule has 0 bridgehead atoms. The van der Waals surface area contributed by atoms with Crippen LogP contribution in [0.4, 0.5) is 0 Å². The van der Waals surface area contributed by atoms with Gasteiger partial charge in [0, 0.05) is 12.6 Å². The Morgan fingerprint density at radius 1 is 1.16 bits per heavy atom. The maximum Gasteiger partial charge on any atom is 0.273 e. The van der Waals surface area contributed by atoms with E-state index in [1.54, 1.807) is 17.4 Å². The number of amides is 1. The molecule has 1 amide bonds. The number of nitrogens with one attached hydrogen (secondary N) is 1. The van der Waals surface area contributed by atoms with Gasteiger partial charge in [0.05, 0.1) is 10.9 Å². The topological polar surface area (TPSA) is 58.4 Å². The molecule has 4 rings (SSSR count). The maximum absolute atomic E-state index is 12.8. The third kappa shape index (κ3) is 5.25. The molecular formula is C25H31N3O2S. The summed E-state index contributed by atoms with van der Waals surface area (Å²) >= 11 is 1.57. The summed E-state index contributed by atoms with van der Waals surface area (Å²) in [7, 11) is 0. The van der Waals surface area contributed by atoms with E-state index < -0.39 is 0 Å². The van der Waals surface area contributed by atoms with Crippen LogP contribution >= 0.6 is 11.3 Å². The smallest absolute Gasteiger partial charge is 0.273 e. The lowest BCUT2D eigenvalue weighted by atomic mass is 9.86. The van der Waals surface area contributed by atoms with Crippen LogP contribution in [0.1, 0.15) is 67.7 Å². The minimum absolute atomic E-state index is 0.126. The molecule has 0 unspecified atom stereocenters. The highest BCUT2D eigenvalue weighted by Crippen LogP contribution is 2.28. The van der Waals surface area contributed by atoms with Gasteiger partial charge < -0.3 is 9.84 Å². The van der Waals surface area contributed by atoms with Crippen LogP contribution in [0, 0.1) is 0 Å². The van der Waals surface area contributed by atoms with E-state index in [-0.39, 0.29) is 17.4 Å². The SMILES string of the molecule is CC(C)(C)c1ccc([C@H](CNC(=O)c2cc(-c3cccs3)on2)N2CCCCC2)cc1. The van der Waals surface area contributed by atoms with Crippen molar-refractivity contribution in [3.8, 4) is 10.6 Å². The summed E-state index contributed by atoms with van der Waals surface area (Å²) in [4.78, 5) is 16.2. The number of likely N-dealkylation sites (tertiary alicyclic amines) is 1. The average Bonchev–Trinajstić information content (AvgIpc) is 3.46. The first-order valence-corrected chi connectivity index (χ1v) is 11.9. The Balaban J connectivity index is 1.48. The number of carbonyl (C=O) groups is 1. The molecule has 1 atom stereocenters. The summed E-state index contributed by atoms with van der Waals surface area (Å²) < 4.78 is 5.37. The van der Waals surface area contributed by atoms with Gasteiger partial charge in [0.25, 0.3) is 5.91 Å². The molecule has 1 saturated heterocycles. The highest BCUT2D eigenvalue weighted by atomic mass is 32.1. The zero-order valence-electron chi connectivity index (χ0n) is 18.6. The second-order valence-electron chi connectivity index (χ2n) is 9.25. The van der Waals surface area contributed by atoms with Crippen molar-refractivity contribution in [1.82, 2.24) is 15.4 Å². The van der Waals surface area contributed by atoms with E-state index in [4.69, 9.17) is 4.52 Å². The molecule has 1 fully saturated rings. The molecule has 1 aliphatic rings. The van der Waals surface area contributed by atoms with Gasteiger partial charge in [-0.1, -0.05) is 62.7 Å². The number of aromatic nitrogens is 1. The van der Waals surface area contributed by atoms with Crippen molar-refractivity contribution in [2.24, 2.45) is 0 Å². The van der Waals surface area contributed by atoms with Crippen LogP contribution in [0.2, 0.25) is 0 Å². The number of nitrogens with zero attached hydrogens (tertiary/aromatic N) is 2. The molecule has 2 aromatic heterocycles. The van der Waals surface area contributed by atoms with Gasteiger partial charge in [-0.2, -0.15) is 0 Å². The van der Waals surface area contributed by atoms with E-state index in [0.29, 0.717) is 18.0 Å². The molecule has 5 nitrogen and oxygen atoms in total. The molecule has 6 heteroatoms. The molecule has 1 aromatic carbocycles. The molecule has 3 aromatic rings. The number of carbonyl (C=O) groups excluding carboxylic acids is 1. The molecule has 0 saturated carbocycles. The zero-order valence-corrected chi connectivity index (χ0v) is 19.4. The number of benzene rings is 1. The van der Waals surface area contributed by atoms with Crippen LogP contribution < -0.4 is 5.32 Å². The van der Waals surface area contributed by atoms with Crippen LogP contribution in [0.15, 0.2) is 52.4 Å². The third-order valence-electron chi connectivity index (χ3n) is 5.96. The van der Waals surface area contributed by atoms with Crippen LogP contribution in [-0.4, -0.2) is 35.6 Å². The lowest BCUT2D eigenvalue weighted by Crippen LogP contribution is -2.40. The summed E-state index contributed by atoms with van der Waals surface area (Å²) in [5.74, 6) is 0.436. The van der Waals surface area contributed by atoms with E-state index in [9.17, 15) is 4.79 Å². The summed E-state index contributed by atoms with van der Waals surface area (Å²) in [5, 5.41) is 9.06. The van der Waals surface area contributed by atoms with Crippen molar-refractivity contribution < 1.29 is 9.32 Å². The molecule has 3 heterocycles. The quantitative estimate of drug-likeness (QED) is 0.541. The predicted octanol–water partition coefficient (Wildman–Crippen LogP) is 5.66. The van der Waals surface area contributed by atoms with Crippen LogP contribution in [0.5, 0.6) is 0 Å². The largest absolute Gasteiger partial charge is 0.355 e. The first-order chi connectivity index (χ1) is 14.9. The summed E-state index contributed by atoms with van der Waals surface area (Å²) in [6.07, 6.45) is 3.69. The molecule has 0 aliphatic carbocycles. The molecule has 0 spiro atoms. The fraction of sp³-hybridized carbons (Fsp3) is 0.440. The van der Waals surface area contributed by atoms with Crippen molar-refractivity contribution in [3.63, 3.8) is 0 Å². The Bertz CT molecular complexity index is 981. The van der Waals surface area contributed by atoms with Crippen molar-refractivity contribution in [1.29, 1.82) is 0 Å². The van der Waals surface area contributed by atoms with Crippen LogP contribution in [0.3, 0.4) is 0 Å². The second-order valence-corrected chi connectivity index (χ2v) is 10.2. The fourth-order valence-electron chi connectivity index (χ4n) is 4.09. The average molecular weight is 438 g/mol. The summed E-state index contributed by atoms with van der Waals surface area (Å²) in [6.45, 7) is 9.36. The van der Waals surface area contributed by atoms with Gasteiger partial charge in [0.15, 0.2) is 11.5 Å². The van der Waals surface area contributed by atoms with Gasteiger partial charge in [0.2, 0.25) is 0 Å². The molecule has 31 heavy (non-hydrogen) atoms. The molecule has 1 N–H and O–H groups in total. The molecular weight excluding hydrogens is 406 g/mol. The van der Waals surface area contributed by atoms with E-state index >= 15 is 0 Å². The van der Waals surface area contributed by atoms with E-state index in [1.807, 2.05) is 17.5 Å². The number of rotatable bonds is 6. The Morgan fingerprint density at radius 3 is 2.55 bits per heavy atom. The zero-order chi connectivity index (χ0) is 21.8. The fourth-order valence-corrected chi connectivity index (χ4v) is 4.76. The number of thiophene rings is 1. The molecule has 1 aliphatic heterocycles. The normalized spacial score (nSPS) is 16.2. The van der Waals surface area contributed by atoms with Gasteiger partial charge in [-0.15, -0.1) is 11.3 Å². The highest BCUT2D eigenvalue weighted by molar-refractivity contribution is 7.13. The minimum Gasteiger partial charge on any atom is -0.355 e. The van der Waals surface area contributed by atoms with Crippen LogP contribution in [0.25, 0.3) is 10.6 Å². The van der Waals surface area contributed by atoms with Crippen molar-refractivity contribution in [2.75, 3.05) is 19.6 Å². The number of hydrogen-bond acceptors (Lipinski definition) is 5. The van der Waals surface area contributed by atoms with Gasteiger partial charge in [-0.3, -0.25) is 9.69 Å². The first-order valence-electron chi connectivity index (χ1n) is 11.0. The van der Waals surface area contributed by atoms with Crippen molar-refractivity contribution in [3.05, 3.63) is 64.7 Å². The van der Waals surface area contributed by atoms with Crippen molar-refractivity contribution in [2.45, 2.75) is 51.5 Å². The monoisotopic (exact) mass is 437 g/mol.